The highest BCUT2D eigenvalue weighted by molar-refractivity contribution is 14.1. The van der Waals surface area contributed by atoms with Crippen molar-refractivity contribution < 1.29 is 9.90 Å². The maximum absolute atomic E-state index is 12.5. The van der Waals surface area contributed by atoms with E-state index in [0.29, 0.717) is 23.6 Å². The number of benzene rings is 1. The lowest BCUT2D eigenvalue weighted by molar-refractivity contribution is 0.102. The number of carbonyl (C=O) groups is 1. The Hall–Kier alpha value is -2.52. The molecule has 0 spiro atoms. The highest BCUT2D eigenvalue weighted by atomic mass is 127. The van der Waals surface area contributed by atoms with Crippen molar-refractivity contribution in [3.63, 3.8) is 0 Å². The topological polar surface area (TPSA) is 87.1 Å². The Labute approximate surface area is 171 Å². The van der Waals surface area contributed by atoms with E-state index in [1.165, 1.54) is 6.20 Å². The monoisotopic (exact) mass is 474 g/mol. The van der Waals surface area contributed by atoms with Gasteiger partial charge in [-0.15, -0.1) is 0 Å². The molecule has 0 aliphatic rings. The van der Waals surface area contributed by atoms with Crippen LogP contribution in [-0.2, 0) is 0 Å². The smallest absolute Gasteiger partial charge is 0.257 e. The Balaban J connectivity index is 1.72. The summed E-state index contributed by atoms with van der Waals surface area (Å²) in [6, 6.07) is 14.9. The number of aliphatic hydroxyl groups is 1. The third-order valence-corrected chi connectivity index (χ3v) is 4.71. The summed E-state index contributed by atoms with van der Waals surface area (Å²) in [5.74, 6) is 0.372. The average Bonchev–Trinajstić information content (AvgIpc) is 2.69. The predicted octanol–water partition coefficient (Wildman–Crippen LogP) is 3.79. The predicted molar refractivity (Wildman–Crippen MR) is 115 cm³/mol. The number of hydrogen-bond donors (Lipinski definition) is 3. The fourth-order valence-electron chi connectivity index (χ4n) is 2.41. The van der Waals surface area contributed by atoms with Gasteiger partial charge in [0.2, 0.25) is 0 Å². The van der Waals surface area contributed by atoms with E-state index in [-0.39, 0.29) is 5.91 Å². The van der Waals surface area contributed by atoms with Crippen molar-refractivity contribution in [2.24, 2.45) is 0 Å². The number of carbonyl (C=O) groups excluding carboxylic acids is 1. The molecule has 7 heteroatoms. The molecule has 3 rings (SSSR count). The highest BCUT2D eigenvalue weighted by Gasteiger charge is 2.10. The first-order valence-electron chi connectivity index (χ1n) is 8.43. The minimum Gasteiger partial charge on any atom is -0.392 e. The Morgan fingerprint density at radius 3 is 2.70 bits per heavy atom. The van der Waals surface area contributed by atoms with Gasteiger partial charge in [0.1, 0.15) is 5.82 Å². The summed E-state index contributed by atoms with van der Waals surface area (Å²) in [4.78, 5) is 21.1. The van der Waals surface area contributed by atoms with E-state index in [4.69, 9.17) is 0 Å². The van der Waals surface area contributed by atoms with E-state index in [0.717, 1.165) is 14.8 Å². The van der Waals surface area contributed by atoms with Gasteiger partial charge in [0.25, 0.3) is 5.91 Å². The van der Waals surface area contributed by atoms with Crippen LogP contribution in [0.3, 0.4) is 0 Å². The summed E-state index contributed by atoms with van der Waals surface area (Å²) >= 11 is 2.25. The zero-order valence-electron chi connectivity index (χ0n) is 14.7. The molecule has 6 nitrogen and oxygen atoms in total. The molecule has 0 bridgehead atoms. The van der Waals surface area contributed by atoms with Gasteiger partial charge in [-0.2, -0.15) is 0 Å². The van der Waals surface area contributed by atoms with E-state index in [1.54, 1.807) is 25.3 Å². The van der Waals surface area contributed by atoms with E-state index in [2.05, 4.69) is 43.2 Å². The maximum atomic E-state index is 12.5. The Morgan fingerprint density at radius 1 is 1.19 bits per heavy atom. The molecule has 3 aromatic rings. The summed E-state index contributed by atoms with van der Waals surface area (Å²) in [6.07, 6.45) is 2.78. The molecule has 2 heterocycles. The van der Waals surface area contributed by atoms with Gasteiger partial charge in [-0.05, 0) is 72.0 Å². The molecule has 1 atom stereocenters. The van der Waals surface area contributed by atoms with Crippen LogP contribution in [0.4, 0.5) is 11.5 Å². The lowest BCUT2D eigenvalue weighted by Gasteiger charge is -2.10. The molecule has 1 amide bonds. The van der Waals surface area contributed by atoms with Gasteiger partial charge < -0.3 is 15.7 Å². The largest absolute Gasteiger partial charge is 0.392 e. The summed E-state index contributed by atoms with van der Waals surface area (Å²) < 4.78 is 1.06. The van der Waals surface area contributed by atoms with E-state index < -0.39 is 6.10 Å². The maximum Gasteiger partial charge on any atom is 0.257 e. The standard InChI is InChI=1S/C20H19IN4O2/c1-13(26)11-23-19-8-5-14(12-24-19)20(27)25-15-6-7-17(21)16(10-15)18-4-2-3-9-22-18/h2-10,12-13,26H,11H2,1H3,(H,23,24)(H,25,27)/t13-/m0/s1. The lowest BCUT2D eigenvalue weighted by atomic mass is 10.1. The van der Waals surface area contributed by atoms with Crippen LogP contribution in [-0.4, -0.2) is 33.6 Å². The number of aliphatic hydroxyl groups excluding tert-OH is 1. The Morgan fingerprint density at radius 2 is 2.04 bits per heavy atom. The molecule has 0 saturated carbocycles. The van der Waals surface area contributed by atoms with Gasteiger partial charge in [0.15, 0.2) is 0 Å². The molecule has 3 N–H and O–H groups in total. The number of anilines is 2. The van der Waals surface area contributed by atoms with Crippen LogP contribution in [0.1, 0.15) is 17.3 Å². The van der Waals surface area contributed by atoms with E-state index >= 15 is 0 Å². The van der Waals surface area contributed by atoms with Gasteiger partial charge in [-0.3, -0.25) is 9.78 Å². The third-order valence-electron chi connectivity index (χ3n) is 3.77. The fourth-order valence-corrected chi connectivity index (χ4v) is 3.02. The number of rotatable bonds is 6. The number of amides is 1. The minimum atomic E-state index is -0.469. The van der Waals surface area contributed by atoms with Gasteiger partial charge >= 0.3 is 0 Å². The van der Waals surface area contributed by atoms with Crippen LogP contribution in [0.15, 0.2) is 60.9 Å². The summed E-state index contributed by atoms with van der Waals surface area (Å²) in [7, 11) is 0. The molecule has 0 aliphatic heterocycles. The molecular formula is C20H19IN4O2. The van der Waals surface area contributed by atoms with Crippen molar-refractivity contribution in [3.8, 4) is 11.3 Å². The number of halogens is 1. The van der Waals surface area contributed by atoms with Gasteiger partial charge in [0.05, 0.1) is 17.4 Å². The molecule has 0 unspecified atom stereocenters. The van der Waals surface area contributed by atoms with E-state index in [9.17, 15) is 9.90 Å². The first-order valence-corrected chi connectivity index (χ1v) is 9.51. The van der Waals surface area contributed by atoms with Gasteiger partial charge in [0, 0.05) is 33.8 Å². The first-order chi connectivity index (χ1) is 13.0. The van der Waals surface area contributed by atoms with Crippen molar-refractivity contribution in [1.29, 1.82) is 0 Å². The molecule has 0 aliphatic carbocycles. The Kier molecular flexibility index (Phi) is 6.36. The number of hydrogen-bond acceptors (Lipinski definition) is 5. The minimum absolute atomic E-state index is 0.238. The van der Waals surface area contributed by atoms with Crippen molar-refractivity contribution in [3.05, 3.63) is 70.1 Å². The quantitative estimate of drug-likeness (QED) is 0.474. The van der Waals surface area contributed by atoms with Crippen molar-refractivity contribution in [1.82, 2.24) is 9.97 Å². The second kappa shape index (κ2) is 8.92. The van der Waals surface area contributed by atoms with Crippen LogP contribution in [0.25, 0.3) is 11.3 Å². The Bertz CT molecular complexity index is 915. The number of nitrogens with one attached hydrogen (secondary N) is 2. The molecule has 2 aromatic heterocycles. The third kappa shape index (κ3) is 5.24. The summed E-state index contributed by atoms with van der Waals surface area (Å²) in [5, 5.41) is 15.2. The fraction of sp³-hybridized carbons (Fsp3) is 0.150. The summed E-state index contributed by atoms with van der Waals surface area (Å²) in [6.45, 7) is 2.09. The number of nitrogens with zero attached hydrogens (tertiary/aromatic N) is 2. The van der Waals surface area contributed by atoms with E-state index in [1.807, 2.05) is 36.4 Å². The van der Waals surface area contributed by atoms with Crippen molar-refractivity contribution in [2.75, 3.05) is 17.2 Å². The van der Waals surface area contributed by atoms with Crippen LogP contribution in [0.2, 0.25) is 0 Å². The van der Waals surface area contributed by atoms with Crippen LogP contribution in [0.5, 0.6) is 0 Å². The van der Waals surface area contributed by atoms with Crippen LogP contribution in [0, 0.1) is 3.57 Å². The second-order valence-corrected chi connectivity index (χ2v) is 7.19. The zero-order valence-corrected chi connectivity index (χ0v) is 16.8. The van der Waals surface area contributed by atoms with Crippen LogP contribution >= 0.6 is 22.6 Å². The van der Waals surface area contributed by atoms with Gasteiger partial charge in [-0.25, -0.2) is 4.98 Å². The van der Waals surface area contributed by atoms with Gasteiger partial charge in [-0.1, -0.05) is 6.07 Å². The zero-order chi connectivity index (χ0) is 19.2. The second-order valence-electron chi connectivity index (χ2n) is 6.03. The molecule has 0 saturated heterocycles. The molecule has 0 radical (unpaired) electrons. The number of aromatic nitrogens is 2. The van der Waals surface area contributed by atoms with Crippen molar-refractivity contribution in [2.45, 2.75) is 13.0 Å². The molecule has 138 valence electrons. The van der Waals surface area contributed by atoms with Crippen LogP contribution < -0.4 is 10.6 Å². The molecule has 27 heavy (non-hydrogen) atoms. The molecular weight excluding hydrogens is 455 g/mol. The highest BCUT2D eigenvalue weighted by Crippen LogP contribution is 2.27. The van der Waals surface area contributed by atoms with Crippen molar-refractivity contribution >= 4 is 40.0 Å². The molecule has 0 fully saturated rings. The summed E-state index contributed by atoms with van der Waals surface area (Å²) in [5.41, 5.74) is 2.96. The number of pyridine rings is 2. The first kappa shape index (κ1) is 19.2. The SMILES string of the molecule is C[C@H](O)CNc1ccc(C(=O)Nc2ccc(I)c(-c3ccccn3)c2)cn1. The average molecular weight is 474 g/mol. The normalized spacial score (nSPS) is 11.7. The molecule has 1 aromatic carbocycles. The lowest BCUT2D eigenvalue weighted by Crippen LogP contribution is -2.16.